The predicted molar refractivity (Wildman–Crippen MR) is 46.5 cm³/mol. The highest BCUT2D eigenvalue weighted by Gasteiger charge is 2.26. The fraction of sp³-hybridized carbons (Fsp3) is 0.111. The minimum absolute atomic E-state index is 0.570. The van der Waals surface area contributed by atoms with Crippen LogP contribution in [-0.2, 0) is 4.79 Å². The molecule has 0 aliphatic heterocycles. The van der Waals surface area contributed by atoms with Gasteiger partial charge in [0.1, 0.15) is 0 Å². The maximum absolute atomic E-state index is 13.2. The molecule has 0 saturated carbocycles. The summed E-state index contributed by atoms with van der Waals surface area (Å²) in [5.41, 5.74) is -0.969. The number of halogens is 2. The van der Waals surface area contributed by atoms with Crippen LogP contribution in [0.1, 0.15) is 10.4 Å². The topological polar surface area (TPSA) is 83.8 Å². The first-order chi connectivity index (χ1) is 7.40. The van der Waals surface area contributed by atoms with E-state index >= 15 is 0 Å². The second kappa shape index (κ2) is 4.13. The van der Waals surface area contributed by atoms with Crippen LogP contribution in [0.2, 0.25) is 0 Å². The molecule has 0 aliphatic rings. The number of hydrogen-bond acceptors (Lipinski definition) is 4. The highest BCUT2D eigenvalue weighted by Crippen LogP contribution is 2.31. The van der Waals surface area contributed by atoms with E-state index in [1.54, 1.807) is 0 Å². The third-order valence-electron chi connectivity index (χ3n) is 1.80. The molecule has 0 heterocycles. The molecule has 86 valence electrons. The van der Waals surface area contributed by atoms with Crippen LogP contribution in [-0.4, -0.2) is 29.1 Å². The molecule has 1 aromatic carbocycles. The smallest absolute Gasteiger partial charge is 0.377 e. The van der Waals surface area contributed by atoms with E-state index in [4.69, 9.17) is 10.2 Å². The molecule has 7 heteroatoms. The van der Waals surface area contributed by atoms with Gasteiger partial charge in [-0.25, -0.2) is 9.18 Å². The van der Waals surface area contributed by atoms with Gasteiger partial charge in [0.05, 0.1) is 12.7 Å². The second-order valence-electron chi connectivity index (χ2n) is 2.74. The van der Waals surface area contributed by atoms with Gasteiger partial charge in [0, 0.05) is 0 Å². The molecule has 16 heavy (non-hydrogen) atoms. The molecule has 1 aromatic rings. The molecule has 1 rings (SSSR count). The maximum atomic E-state index is 13.2. The summed E-state index contributed by atoms with van der Waals surface area (Å²) in [4.78, 5) is 21.3. The molecule has 2 N–H and O–H groups in total. The van der Waals surface area contributed by atoms with Gasteiger partial charge >= 0.3 is 5.97 Å². The number of carboxylic acid groups (broad SMARTS) is 1. The molecule has 5 nitrogen and oxygen atoms in total. The zero-order valence-electron chi connectivity index (χ0n) is 7.95. The number of Topliss-reactive ketones (excluding diaryl/α,β-unsaturated/α-hetero) is 1. The van der Waals surface area contributed by atoms with Crippen LogP contribution in [0.25, 0.3) is 0 Å². The van der Waals surface area contributed by atoms with E-state index in [1.165, 1.54) is 0 Å². The lowest BCUT2D eigenvalue weighted by Gasteiger charge is -2.07. The van der Waals surface area contributed by atoms with Gasteiger partial charge in [-0.05, 0) is 6.07 Å². The van der Waals surface area contributed by atoms with E-state index in [0.29, 0.717) is 6.07 Å². The number of phenolic OH excluding ortho intramolecular Hbond substituents is 1. The first-order valence-electron chi connectivity index (χ1n) is 3.92. The Kier molecular flexibility index (Phi) is 3.07. The lowest BCUT2D eigenvalue weighted by atomic mass is 10.1. The number of carbonyl (C=O) groups excluding carboxylic acids is 1. The van der Waals surface area contributed by atoms with Crippen molar-refractivity contribution in [2.75, 3.05) is 7.11 Å². The van der Waals surface area contributed by atoms with Gasteiger partial charge in [0.25, 0.3) is 5.78 Å². The number of rotatable bonds is 3. The average Bonchev–Trinajstić information content (AvgIpc) is 2.25. The number of carboxylic acids is 1. The summed E-state index contributed by atoms with van der Waals surface area (Å²) in [6.45, 7) is 0. The van der Waals surface area contributed by atoms with E-state index in [9.17, 15) is 18.4 Å². The van der Waals surface area contributed by atoms with E-state index in [2.05, 4.69) is 4.74 Å². The Morgan fingerprint density at radius 1 is 1.31 bits per heavy atom. The monoisotopic (exact) mass is 232 g/mol. The summed E-state index contributed by atoms with van der Waals surface area (Å²) >= 11 is 0. The molecule has 0 unspecified atom stereocenters. The predicted octanol–water partition coefficient (Wildman–Crippen LogP) is 0.946. The number of hydrogen-bond donors (Lipinski definition) is 2. The number of ketones is 1. The van der Waals surface area contributed by atoms with Crippen molar-refractivity contribution in [3.05, 3.63) is 23.3 Å². The number of benzene rings is 1. The van der Waals surface area contributed by atoms with Gasteiger partial charge in [0.2, 0.25) is 5.82 Å². The largest absolute Gasteiger partial charge is 0.503 e. The van der Waals surface area contributed by atoms with Gasteiger partial charge in [-0.15, -0.1) is 0 Å². The number of aromatic hydroxyl groups is 1. The Morgan fingerprint density at radius 2 is 1.88 bits per heavy atom. The molecule has 0 saturated heterocycles. The SMILES string of the molecule is COc1cc(C(=O)C(=O)O)c(F)c(O)c1F. The fourth-order valence-electron chi connectivity index (χ4n) is 1.03. The van der Waals surface area contributed by atoms with Crippen LogP contribution < -0.4 is 4.74 Å². The number of methoxy groups -OCH3 is 1. The standard InChI is InChI=1S/C9H6F2O5/c1-16-4-2-3(7(12)9(14)15)5(10)8(13)6(4)11/h2,13H,1H3,(H,14,15). The van der Waals surface area contributed by atoms with Crippen molar-refractivity contribution >= 4 is 11.8 Å². The molecule has 0 spiro atoms. The molecule has 0 amide bonds. The van der Waals surface area contributed by atoms with Crippen LogP contribution >= 0.6 is 0 Å². The first kappa shape index (κ1) is 11.9. The quantitative estimate of drug-likeness (QED) is 0.598. The molecule has 0 fully saturated rings. The van der Waals surface area contributed by atoms with Gasteiger partial charge < -0.3 is 14.9 Å². The molecular weight excluding hydrogens is 226 g/mol. The number of carbonyl (C=O) groups is 2. The zero-order valence-corrected chi connectivity index (χ0v) is 7.95. The van der Waals surface area contributed by atoms with Gasteiger partial charge in [0.15, 0.2) is 17.3 Å². The van der Waals surface area contributed by atoms with Crippen LogP contribution in [0.3, 0.4) is 0 Å². The van der Waals surface area contributed by atoms with Gasteiger partial charge in [-0.3, -0.25) is 4.79 Å². The third-order valence-corrected chi connectivity index (χ3v) is 1.80. The lowest BCUT2D eigenvalue weighted by molar-refractivity contribution is -0.131. The Hall–Kier alpha value is -2.18. The normalized spacial score (nSPS) is 9.94. The zero-order chi connectivity index (χ0) is 12.5. The lowest BCUT2D eigenvalue weighted by Crippen LogP contribution is -2.15. The molecule has 0 bridgehead atoms. The van der Waals surface area contributed by atoms with Crippen LogP contribution in [0.15, 0.2) is 6.07 Å². The molecule has 0 atom stereocenters. The summed E-state index contributed by atoms with van der Waals surface area (Å²) in [7, 11) is 1.02. The highest BCUT2D eigenvalue weighted by molar-refractivity contribution is 6.40. The van der Waals surface area contributed by atoms with Crippen molar-refractivity contribution in [3.8, 4) is 11.5 Å². The summed E-state index contributed by atoms with van der Waals surface area (Å²) in [6, 6.07) is 0.570. The Morgan fingerprint density at radius 3 is 2.31 bits per heavy atom. The fourth-order valence-corrected chi connectivity index (χ4v) is 1.03. The second-order valence-corrected chi connectivity index (χ2v) is 2.74. The first-order valence-corrected chi connectivity index (χ1v) is 3.92. The van der Waals surface area contributed by atoms with Crippen LogP contribution in [0.4, 0.5) is 8.78 Å². The summed E-state index contributed by atoms with van der Waals surface area (Å²) < 4.78 is 30.6. The number of phenols is 1. The molecular formula is C9H6F2O5. The Labute approximate surface area is 87.9 Å². The van der Waals surface area contributed by atoms with E-state index in [1.807, 2.05) is 0 Å². The third kappa shape index (κ3) is 1.79. The molecule has 0 radical (unpaired) electrons. The van der Waals surface area contributed by atoms with Crippen LogP contribution in [0.5, 0.6) is 11.5 Å². The van der Waals surface area contributed by atoms with E-state index in [0.717, 1.165) is 7.11 Å². The van der Waals surface area contributed by atoms with Crippen molar-refractivity contribution in [1.29, 1.82) is 0 Å². The molecule has 0 aliphatic carbocycles. The number of ether oxygens (including phenoxy) is 1. The Bertz CT molecular complexity index is 469. The highest BCUT2D eigenvalue weighted by atomic mass is 19.1. The van der Waals surface area contributed by atoms with E-state index in [-0.39, 0.29) is 0 Å². The van der Waals surface area contributed by atoms with Crippen molar-refractivity contribution in [1.82, 2.24) is 0 Å². The minimum Gasteiger partial charge on any atom is -0.503 e. The van der Waals surface area contributed by atoms with E-state index < -0.39 is 40.4 Å². The van der Waals surface area contributed by atoms with Crippen LogP contribution in [0, 0.1) is 11.6 Å². The van der Waals surface area contributed by atoms with Gasteiger partial charge in [-0.2, -0.15) is 4.39 Å². The maximum Gasteiger partial charge on any atom is 0.377 e. The molecule has 0 aromatic heterocycles. The number of aliphatic carboxylic acids is 1. The van der Waals surface area contributed by atoms with Crippen molar-refractivity contribution < 1.29 is 33.3 Å². The Balaban J connectivity index is 3.47. The summed E-state index contributed by atoms with van der Waals surface area (Å²) in [6.07, 6.45) is 0. The van der Waals surface area contributed by atoms with Crippen molar-refractivity contribution in [2.45, 2.75) is 0 Å². The minimum atomic E-state index is -1.92. The average molecular weight is 232 g/mol. The van der Waals surface area contributed by atoms with Crippen molar-refractivity contribution in [2.24, 2.45) is 0 Å². The summed E-state index contributed by atoms with van der Waals surface area (Å²) in [5, 5.41) is 17.3. The summed E-state index contributed by atoms with van der Waals surface area (Å²) in [5.74, 6) is -8.64. The van der Waals surface area contributed by atoms with Crippen molar-refractivity contribution in [3.63, 3.8) is 0 Å². The van der Waals surface area contributed by atoms with Gasteiger partial charge in [-0.1, -0.05) is 0 Å².